The second-order valence-corrected chi connectivity index (χ2v) is 24.9. The Morgan fingerprint density at radius 3 is 2.36 bits per heavy atom. The van der Waals surface area contributed by atoms with Gasteiger partial charge in [0.1, 0.15) is 22.9 Å². The molecule has 1 fully saturated rings. The number of ether oxygens (including phenoxy) is 1. The normalized spacial score (nSPS) is 15.7. The smallest absolute Gasteiger partial charge is 0.246 e. The number of amides is 2. The van der Waals surface area contributed by atoms with E-state index < -0.39 is 38.7 Å². The molecule has 4 atom stereocenters. The van der Waals surface area contributed by atoms with Gasteiger partial charge in [-0.25, -0.2) is 18.4 Å². The molecule has 3 heterocycles. The average Bonchev–Trinajstić information content (AvgIpc) is 3.97. The molecule has 2 aromatic heterocycles. The molecule has 406 valence electrons. The van der Waals surface area contributed by atoms with E-state index in [1.807, 2.05) is 58.3 Å². The van der Waals surface area contributed by atoms with E-state index in [1.165, 1.54) is 11.1 Å². The first-order valence-electron chi connectivity index (χ1n) is 25.6. The molecule has 0 bridgehead atoms. The number of carbonyl (C=O) groups excluding carboxylic acids is 2. The number of anilines is 5. The van der Waals surface area contributed by atoms with Gasteiger partial charge in [0.25, 0.3) is 0 Å². The van der Waals surface area contributed by atoms with Crippen LogP contribution in [0.1, 0.15) is 103 Å². The van der Waals surface area contributed by atoms with Crippen LogP contribution in [0.5, 0.6) is 5.75 Å². The summed E-state index contributed by atoms with van der Waals surface area (Å²) in [4.78, 5) is 48.9. The maximum Gasteiger partial charge on any atom is 0.246 e. The molecule has 5 N–H and O–H groups in total. The molecular weight excluding hydrogens is 1010 g/mol. The lowest BCUT2D eigenvalue weighted by molar-refractivity contribution is -0.142. The molecule has 16 nitrogen and oxygen atoms in total. The summed E-state index contributed by atoms with van der Waals surface area (Å²) in [5.74, 6) is 0.622. The minimum absolute atomic E-state index is 0.0915. The molecule has 0 saturated carbocycles. The Bertz CT molecular complexity index is 2930. The number of aryl methyl sites for hydroxylation is 2. The monoisotopic (exact) mass is 1080 g/mol. The molecular formula is C56H77ClN10O6S2. The third kappa shape index (κ3) is 14.8. The highest BCUT2D eigenvalue weighted by Gasteiger charge is 2.44. The summed E-state index contributed by atoms with van der Waals surface area (Å²) >= 11 is 8.11. The number of likely N-dealkylation sites (tertiary alicyclic amines) is 1. The number of aliphatic hydroxyl groups is 1. The van der Waals surface area contributed by atoms with E-state index >= 15 is 0 Å². The standard InChI is InChI=1S/C56H77ClN10O6S2/c1-34(2)60-51(56(8,9)10)54(70)67-32-41(68)30-47(67)53(69)61-37(6)40-21-22-42(50-38(7)59-33-74-50)46(28-40)66(12)25-18-14-17-24-65(11)26-23-39-29-48(73-13)45(27-36(39)5)63-55-58-31-43(57)52(64-55)62-44-19-15-16-20-49(44)75(71,72)35(3)4/h15-16,19-22,27-29,31,33,35,37,41,47,51,60,68H,1,14,17-18,23-26,30,32H2,2-13H3,(H,61,69)(H2,58,62,63,64)/t37-,41+,47-,51+/m0/s1. The van der Waals surface area contributed by atoms with E-state index in [1.54, 1.807) is 63.5 Å². The second-order valence-electron chi connectivity index (χ2n) is 21.1. The topological polar surface area (TPSA) is 194 Å². The van der Waals surface area contributed by atoms with Gasteiger partial charge in [-0.3, -0.25) is 9.59 Å². The summed E-state index contributed by atoms with van der Waals surface area (Å²) in [5, 5.41) is 23.1. The summed E-state index contributed by atoms with van der Waals surface area (Å²) in [6, 6.07) is 15.3. The highest BCUT2D eigenvalue weighted by Crippen LogP contribution is 2.38. The number of rotatable bonds is 24. The van der Waals surface area contributed by atoms with Crippen molar-refractivity contribution in [3.8, 4) is 16.2 Å². The first-order chi connectivity index (χ1) is 35.4. The summed E-state index contributed by atoms with van der Waals surface area (Å²) in [5.41, 5.74) is 9.40. The molecule has 3 aromatic carbocycles. The van der Waals surface area contributed by atoms with Crippen molar-refractivity contribution in [2.24, 2.45) is 5.41 Å². The van der Waals surface area contributed by atoms with Gasteiger partial charge < -0.3 is 45.8 Å². The molecule has 0 spiro atoms. The number of aliphatic hydroxyl groups excluding tert-OH is 1. The molecule has 75 heavy (non-hydrogen) atoms. The second kappa shape index (κ2) is 25.4. The van der Waals surface area contributed by atoms with Crippen LogP contribution in [-0.4, -0.2) is 121 Å². The van der Waals surface area contributed by atoms with E-state index in [0.29, 0.717) is 22.8 Å². The van der Waals surface area contributed by atoms with Gasteiger partial charge in [-0.1, -0.05) is 69.6 Å². The van der Waals surface area contributed by atoms with Gasteiger partial charge in [-0.05, 0) is 127 Å². The molecule has 2 amide bonds. The quantitative estimate of drug-likeness (QED) is 0.0367. The van der Waals surface area contributed by atoms with Crippen molar-refractivity contribution in [1.82, 2.24) is 35.4 Å². The van der Waals surface area contributed by atoms with E-state index in [-0.39, 0.29) is 52.5 Å². The number of nitrogens with one attached hydrogen (secondary N) is 4. The minimum Gasteiger partial charge on any atom is -0.495 e. The van der Waals surface area contributed by atoms with Crippen LogP contribution in [0, 0.1) is 19.3 Å². The molecule has 0 aliphatic carbocycles. The predicted molar refractivity (Wildman–Crippen MR) is 305 cm³/mol. The number of benzene rings is 3. The van der Waals surface area contributed by atoms with Crippen LogP contribution in [-0.2, 0) is 25.8 Å². The third-order valence-corrected chi connectivity index (χ3v) is 17.1. The number of nitrogens with zero attached hydrogens (tertiary/aromatic N) is 6. The maximum atomic E-state index is 14.0. The number of unbranched alkanes of at least 4 members (excludes halogenated alkanes) is 2. The molecule has 0 radical (unpaired) electrons. The van der Waals surface area contributed by atoms with Crippen LogP contribution >= 0.6 is 22.9 Å². The van der Waals surface area contributed by atoms with Gasteiger partial charge in [0, 0.05) is 50.1 Å². The van der Waals surface area contributed by atoms with Gasteiger partial charge in [0.2, 0.25) is 17.8 Å². The lowest BCUT2D eigenvalue weighted by atomic mass is 9.85. The highest BCUT2D eigenvalue weighted by atomic mass is 35.5. The first-order valence-corrected chi connectivity index (χ1v) is 28.4. The van der Waals surface area contributed by atoms with Crippen molar-refractivity contribution in [3.05, 3.63) is 106 Å². The number of hydrogen-bond donors (Lipinski definition) is 5. The Hall–Kier alpha value is -5.79. The van der Waals surface area contributed by atoms with Crippen molar-refractivity contribution in [2.45, 2.75) is 129 Å². The number of likely N-dealkylation sites (N-methyl/N-ethyl adjacent to an activating group) is 1. The number of allylic oxidation sites excluding steroid dienone is 1. The van der Waals surface area contributed by atoms with E-state index in [0.717, 1.165) is 83.8 Å². The molecule has 1 saturated heterocycles. The van der Waals surface area contributed by atoms with Gasteiger partial charge in [0.15, 0.2) is 15.7 Å². The summed E-state index contributed by atoms with van der Waals surface area (Å²) in [6.45, 7) is 23.7. The van der Waals surface area contributed by atoms with Crippen LogP contribution in [0.15, 0.2) is 83.5 Å². The van der Waals surface area contributed by atoms with Crippen molar-refractivity contribution in [3.63, 3.8) is 0 Å². The van der Waals surface area contributed by atoms with E-state index in [9.17, 15) is 23.1 Å². The Balaban J connectivity index is 1.03. The number of para-hydroxylation sites is 1. The minimum atomic E-state index is -3.58. The number of halogens is 1. The van der Waals surface area contributed by atoms with Crippen LogP contribution in [0.3, 0.4) is 0 Å². The SMILES string of the molecule is C=C(C)N[C@H](C(=O)N1C[C@H](O)C[C@H]1C(=O)N[C@@H](C)c1ccc(-c2scnc2C)c(N(C)CCCCCN(C)CCc2cc(OC)c(Nc3ncc(Cl)c(Nc4ccccc4S(=O)(=O)C(C)C)n3)cc2C)c1)C(C)(C)C. The van der Waals surface area contributed by atoms with Crippen LogP contribution in [0.2, 0.25) is 5.02 Å². The fourth-order valence-electron chi connectivity index (χ4n) is 9.20. The molecule has 1 aliphatic rings. The fraction of sp³-hybridized carbons (Fsp3) is 0.482. The number of carbonyl (C=O) groups is 2. The molecule has 6 rings (SSSR count). The Labute approximate surface area is 453 Å². The average molecular weight is 1090 g/mol. The van der Waals surface area contributed by atoms with Gasteiger partial charge in [-0.2, -0.15) is 4.98 Å². The summed E-state index contributed by atoms with van der Waals surface area (Å²) in [6.07, 6.45) is 4.71. The number of sulfone groups is 1. The zero-order chi connectivity index (χ0) is 54.9. The number of thiazole rings is 1. The molecule has 0 unspecified atom stereocenters. The summed E-state index contributed by atoms with van der Waals surface area (Å²) in [7, 11) is 2.31. The third-order valence-electron chi connectivity index (χ3n) is 13.7. The van der Waals surface area contributed by atoms with Gasteiger partial charge in [0.05, 0.1) is 63.1 Å². The maximum absolute atomic E-state index is 14.0. The van der Waals surface area contributed by atoms with Gasteiger partial charge in [-0.15, -0.1) is 11.3 Å². The zero-order valence-corrected chi connectivity index (χ0v) is 48.1. The number of aromatic nitrogens is 3. The molecule has 1 aliphatic heterocycles. The van der Waals surface area contributed by atoms with Crippen LogP contribution in [0.4, 0.5) is 28.8 Å². The molecule has 5 aromatic rings. The van der Waals surface area contributed by atoms with Crippen LogP contribution in [0.25, 0.3) is 10.4 Å². The number of methoxy groups -OCH3 is 1. The van der Waals surface area contributed by atoms with E-state index in [4.69, 9.17) is 16.3 Å². The Morgan fingerprint density at radius 1 is 0.973 bits per heavy atom. The fourth-order valence-corrected chi connectivity index (χ4v) is 11.4. The van der Waals surface area contributed by atoms with Gasteiger partial charge >= 0.3 is 0 Å². The van der Waals surface area contributed by atoms with Crippen molar-refractivity contribution in [1.29, 1.82) is 0 Å². The largest absolute Gasteiger partial charge is 0.495 e. The Morgan fingerprint density at radius 2 is 1.69 bits per heavy atom. The zero-order valence-electron chi connectivity index (χ0n) is 45.7. The lowest BCUT2D eigenvalue weighted by Crippen LogP contribution is -2.56. The highest BCUT2D eigenvalue weighted by molar-refractivity contribution is 7.92. The van der Waals surface area contributed by atoms with Crippen molar-refractivity contribution >= 4 is 73.4 Å². The summed E-state index contributed by atoms with van der Waals surface area (Å²) < 4.78 is 32.0. The number of β-amino-alcohol motifs (C(OH)–C–C–N with tert-alkyl or cyclic N) is 1. The number of hydrogen-bond acceptors (Lipinski definition) is 15. The first kappa shape index (κ1) is 58.5. The predicted octanol–water partition coefficient (Wildman–Crippen LogP) is 10.0. The molecule has 19 heteroatoms. The van der Waals surface area contributed by atoms with Crippen LogP contribution < -0.4 is 30.9 Å². The van der Waals surface area contributed by atoms with Crippen molar-refractivity contribution in [2.75, 3.05) is 62.9 Å². The van der Waals surface area contributed by atoms with Crippen molar-refractivity contribution < 1.29 is 27.9 Å². The van der Waals surface area contributed by atoms with E-state index in [2.05, 4.69) is 85.7 Å². The lowest BCUT2D eigenvalue weighted by Gasteiger charge is -2.36. The Kier molecular flexibility index (Phi) is 19.8.